The molecule has 0 unspecified atom stereocenters. The van der Waals surface area contributed by atoms with Gasteiger partial charge in [0, 0.05) is 32.7 Å². The predicted molar refractivity (Wildman–Crippen MR) is 69.4 cm³/mol. The van der Waals surface area contributed by atoms with Crippen LogP contribution >= 0.6 is 0 Å². The highest BCUT2D eigenvalue weighted by Gasteiger charge is 2.43. The topological polar surface area (TPSA) is 64.1 Å². The van der Waals surface area contributed by atoms with E-state index in [1.165, 1.54) is 8.61 Å². The minimum atomic E-state index is -3.36. The highest BCUT2D eigenvalue weighted by molar-refractivity contribution is 7.86. The van der Waals surface area contributed by atoms with Crippen LogP contribution in [-0.4, -0.2) is 79.5 Å². The summed E-state index contributed by atoms with van der Waals surface area (Å²) in [6.07, 6.45) is 2.39. The number of hydrogen-bond donors (Lipinski definition) is 1. The van der Waals surface area contributed by atoms with Gasteiger partial charge in [-0.1, -0.05) is 0 Å². The van der Waals surface area contributed by atoms with E-state index in [4.69, 9.17) is 0 Å². The van der Waals surface area contributed by atoms with Crippen LogP contribution in [0.4, 0.5) is 0 Å². The molecule has 0 aromatic carbocycles. The summed E-state index contributed by atoms with van der Waals surface area (Å²) in [5, 5.41) is 10.4. The molecule has 2 saturated heterocycles. The van der Waals surface area contributed by atoms with Gasteiger partial charge in [-0.05, 0) is 33.4 Å². The fraction of sp³-hybridized carbons (Fsp3) is 1.00. The average Bonchev–Trinajstić information content (AvgIpc) is 2.85. The number of β-amino-alcohol motifs (C(OH)–C–C–N with tert-alkyl or cyclic N) is 1. The standard InChI is InChI=1S/C11H23N3O3S/c1-12(2)9-11(15)5-8-14(10-11)18(16,17)13-6-3-4-7-13/h15H,3-10H2,1-2H3/t11-/m0/s1. The van der Waals surface area contributed by atoms with Crippen molar-refractivity contribution < 1.29 is 13.5 Å². The quantitative estimate of drug-likeness (QED) is 0.740. The lowest BCUT2D eigenvalue weighted by Gasteiger charge is -2.28. The molecule has 1 atom stereocenters. The summed E-state index contributed by atoms with van der Waals surface area (Å²) in [7, 11) is 0.412. The third-order valence-electron chi connectivity index (χ3n) is 3.63. The molecule has 106 valence electrons. The largest absolute Gasteiger partial charge is 0.387 e. The van der Waals surface area contributed by atoms with Crippen molar-refractivity contribution in [3.05, 3.63) is 0 Å². The molecular weight excluding hydrogens is 254 g/mol. The molecule has 6 nitrogen and oxygen atoms in total. The van der Waals surface area contributed by atoms with Gasteiger partial charge in [-0.2, -0.15) is 17.0 Å². The first-order valence-corrected chi connectivity index (χ1v) is 7.86. The van der Waals surface area contributed by atoms with Crippen LogP contribution in [0.1, 0.15) is 19.3 Å². The highest BCUT2D eigenvalue weighted by atomic mass is 32.2. The van der Waals surface area contributed by atoms with Crippen LogP contribution in [0.25, 0.3) is 0 Å². The molecule has 1 N–H and O–H groups in total. The molecule has 0 aromatic rings. The lowest BCUT2D eigenvalue weighted by atomic mass is 10.0. The van der Waals surface area contributed by atoms with Crippen LogP contribution in [0.2, 0.25) is 0 Å². The van der Waals surface area contributed by atoms with Crippen molar-refractivity contribution in [2.75, 3.05) is 46.8 Å². The van der Waals surface area contributed by atoms with Gasteiger partial charge in [-0.3, -0.25) is 0 Å². The van der Waals surface area contributed by atoms with Crippen molar-refractivity contribution in [1.82, 2.24) is 13.5 Å². The molecule has 0 aliphatic carbocycles. The van der Waals surface area contributed by atoms with Crippen molar-refractivity contribution in [1.29, 1.82) is 0 Å². The smallest absolute Gasteiger partial charge is 0.282 e. The zero-order valence-corrected chi connectivity index (χ0v) is 12.0. The normalized spacial score (nSPS) is 31.6. The minimum absolute atomic E-state index is 0.212. The molecule has 2 heterocycles. The third kappa shape index (κ3) is 2.85. The second kappa shape index (κ2) is 5.05. The van der Waals surface area contributed by atoms with E-state index < -0.39 is 15.8 Å². The molecule has 0 spiro atoms. The van der Waals surface area contributed by atoms with Gasteiger partial charge < -0.3 is 10.0 Å². The Balaban J connectivity index is 2.03. The molecule has 0 radical (unpaired) electrons. The molecule has 0 bridgehead atoms. The first kappa shape index (κ1) is 14.2. The summed E-state index contributed by atoms with van der Waals surface area (Å²) in [5.74, 6) is 0. The van der Waals surface area contributed by atoms with Gasteiger partial charge in [0.15, 0.2) is 0 Å². The lowest BCUT2D eigenvalue weighted by molar-refractivity contribution is 0.0299. The van der Waals surface area contributed by atoms with E-state index in [1.807, 2.05) is 19.0 Å². The Morgan fingerprint density at radius 2 is 1.78 bits per heavy atom. The maximum Gasteiger partial charge on any atom is 0.282 e. The average molecular weight is 277 g/mol. The molecule has 2 aliphatic heterocycles. The Morgan fingerprint density at radius 1 is 1.17 bits per heavy atom. The zero-order chi connectivity index (χ0) is 13.4. The second-order valence-corrected chi connectivity index (χ2v) is 7.59. The molecule has 18 heavy (non-hydrogen) atoms. The monoisotopic (exact) mass is 277 g/mol. The van der Waals surface area contributed by atoms with E-state index in [0.29, 0.717) is 32.6 Å². The van der Waals surface area contributed by atoms with Gasteiger partial charge in [-0.25, -0.2) is 0 Å². The fourth-order valence-corrected chi connectivity index (χ4v) is 4.59. The summed E-state index contributed by atoms with van der Waals surface area (Å²) in [6, 6.07) is 0. The molecule has 7 heteroatoms. The van der Waals surface area contributed by atoms with E-state index in [2.05, 4.69) is 0 Å². The number of rotatable bonds is 4. The highest BCUT2D eigenvalue weighted by Crippen LogP contribution is 2.27. The van der Waals surface area contributed by atoms with Gasteiger partial charge in [-0.15, -0.1) is 0 Å². The Kier molecular flexibility index (Phi) is 3.99. The summed E-state index contributed by atoms with van der Waals surface area (Å²) in [4.78, 5) is 1.89. The molecule has 2 fully saturated rings. The van der Waals surface area contributed by atoms with Gasteiger partial charge >= 0.3 is 0 Å². The Hall–Kier alpha value is -0.210. The minimum Gasteiger partial charge on any atom is -0.387 e. The molecule has 0 saturated carbocycles. The van der Waals surface area contributed by atoms with E-state index in [-0.39, 0.29) is 6.54 Å². The van der Waals surface area contributed by atoms with Crippen LogP contribution in [0.15, 0.2) is 0 Å². The number of hydrogen-bond acceptors (Lipinski definition) is 4. The lowest BCUT2D eigenvalue weighted by Crippen LogP contribution is -2.46. The molecular formula is C11H23N3O3S. The van der Waals surface area contributed by atoms with Gasteiger partial charge in [0.05, 0.1) is 5.60 Å². The Morgan fingerprint density at radius 3 is 2.33 bits per heavy atom. The number of aliphatic hydroxyl groups is 1. The van der Waals surface area contributed by atoms with Crippen LogP contribution in [0.3, 0.4) is 0 Å². The summed E-state index contributed by atoms with van der Waals surface area (Å²) in [6.45, 7) is 2.36. The van der Waals surface area contributed by atoms with Crippen molar-refractivity contribution in [3.8, 4) is 0 Å². The van der Waals surface area contributed by atoms with E-state index in [0.717, 1.165) is 12.8 Å². The van der Waals surface area contributed by atoms with E-state index in [1.54, 1.807) is 0 Å². The molecule has 0 amide bonds. The molecule has 2 rings (SSSR count). The van der Waals surface area contributed by atoms with Crippen molar-refractivity contribution >= 4 is 10.2 Å². The second-order valence-electron chi connectivity index (χ2n) is 5.66. The van der Waals surface area contributed by atoms with E-state index >= 15 is 0 Å². The van der Waals surface area contributed by atoms with Gasteiger partial charge in [0.2, 0.25) is 0 Å². The SMILES string of the molecule is CN(C)C[C@@]1(O)CCN(S(=O)(=O)N2CCCC2)C1. The van der Waals surface area contributed by atoms with Crippen molar-refractivity contribution in [2.24, 2.45) is 0 Å². The zero-order valence-electron chi connectivity index (χ0n) is 11.2. The Labute approximate surface area is 109 Å². The maximum atomic E-state index is 12.3. The van der Waals surface area contributed by atoms with Crippen molar-refractivity contribution in [3.63, 3.8) is 0 Å². The number of nitrogens with zero attached hydrogens (tertiary/aromatic N) is 3. The maximum absolute atomic E-state index is 12.3. The van der Waals surface area contributed by atoms with Crippen LogP contribution < -0.4 is 0 Å². The number of likely N-dealkylation sites (N-methyl/N-ethyl adjacent to an activating group) is 1. The molecule has 0 aromatic heterocycles. The predicted octanol–water partition coefficient (Wildman–Crippen LogP) is -0.675. The van der Waals surface area contributed by atoms with Crippen LogP contribution in [-0.2, 0) is 10.2 Å². The van der Waals surface area contributed by atoms with Crippen LogP contribution in [0.5, 0.6) is 0 Å². The van der Waals surface area contributed by atoms with Crippen molar-refractivity contribution in [2.45, 2.75) is 24.9 Å². The fourth-order valence-electron chi connectivity index (χ4n) is 2.82. The first-order chi connectivity index (χ1) is 8.33. The summed E-state index contributed by atoms with van der Waals surface area (Å²) < 4.78 is 27.6. The Bertz CT molecular complexity index is 392. The summed E-state index contributed by atoms with van der Waals surface area (Å²) in [5.41, 5.74) is -0.906. The molecule has 2 aliphatic rings. The first-order valence-electron chi connectivity index (χ1n) is 6.46. The summed E-state index contributed by atoms with van der Waals surface area (Å²) >= 11 is 0. The third-order valence-corrected chi connectivity index (χ3v) is 5.61. The van der Waals surface area contributed by atoms with Gasteiger partial charge in [0.1, 0.15) is 0 Å². The van der Waals surface area contributed by atoms with E-state index in [9.17, 15) is 13.5 Å². The van der Waals surface area contributed by atoms with Crippen LogP contribution in [0, 0.1) is 0 Å². The van der Waals surface area contributed by atoms with Gasteiger partial charge in [0.25, 0.3) is 10.2 Å².